The zero-order valence-electron chi connectivity index (χ0n) is 10.6. The van der Waals surface area contributed by atoms with Gasteiger partial charge in [0.2, 0.25) is 0 Å². The molecule has 0 saturated heterocycles. The molecule has 0 saturated carbocycles. The molecule has 0 aliphatic rings. The third-order valence-electron chi connectivity index (χ3n) is 2.05. The predicted octanol–water partition coefficient (Wildman–Crippen LogP) is 2.89. The molecule has 4 heteroatoms. The Hall–Kier alpha value is -1.00. The average Bonchev–Trinajstić information content (AvgIpc) is 2.29. The highest BCUT2D eigenvalue weighted by atomic mass is 32.2. The van der Waals surface area contributed by atoms with Crippen LogP contribution >= 0.6 is 11.8 Å². The summed E-state index contributed by atoms with van der Waals surface area (Å²) in [4.78, 5) is 6.33. The molecular weight excluding hydrogens is 232 g/mol. The first-order valence-electron chi connectivity index (χ1n) is 5.77. The lowest BCUT2D eigenvalue weighted by Crippen LogP contribution is -2.06. The second-order valence-electron chi connectivity index (χ2n) is 3.99. The summed E-state index contributed by atoms with van der Waals surface area (Å²) >= 11 is 1.85. The highest BCUT2D eigenvalue weighted by molar-refractivity contribution is 7.99. The quantitative estimate of drug-likeness (QED) is 0.366. The van der Waals surface area contributed by atoms with E-state index in [1.807, 2.05) is 18.7 Å². The fraction of sp³-hybridized carbons (Fsp3) is 0.462. The number of thioether (sulfide) groups is 1. The minimum atomic E-state index is 0.457. The molecule has 0 unspecified atom stereocenters. The van der Waals surface area contributed by atoms with Crippen molar-refractivity contribution in [1.29, 1.82) is 0 Å². The molecule has 2 N–H and O–H groups in total. The van der Waals surface area contributed by atoms with E-state index in [0.29, 0.717) is 18.4 Å². The van der Waals surface area contributed by atoms with Crippen LogP contribution in [0.2, 0.25) is 0 Å². The van der Waals surface area contributed by atoms with Gasteiger partial charge in [0.25, 0.3) is 0 Å². The molecule has 1 aromatic rings. The molecule has 0 amide bonds. The van der Waals surface area contributed by atoms with Gasteiger partial charge in [0, 0.05) is 16.7 Å². The Balaban J connectivity index is 2.63. The summed E-state index contributed by atoms with van der Waals surface area (Å²) in [5, 5.41) is 4.61. The van der Waals surface area contributed by atoms with E-state index in [2.05, 4.69) is 43.3 Å². The van der Waals surface area contributed by atoms with Crippen LogP contribution in [-0.2, 0) is 4.84 Å². The fourth-order valence-electron chi connectivity index (χ4n) is 1.29. The van der Waals surface area contributed by atoms with Crippen molar-refractivity contribution in [3.05, 3.63) is 29.8 Å². The Morgan fingerprint density at radius 3 is 2.53 bits per heavy atom. The molecule has 1 rings (SSSR count). The molecule has 94 valence electrons. The van der Waals surface area contributed by atoms with Gasteiger partial charge in [0.15, 0.2) is 0 Å². The number of hydrogen-bond acceptors (Lipinski definition) is 4. The van der Waals surface area contributed by atoms with E-state index >= 15 is 0 Å². The molecule has 0 fully saturated rings. The molecule has 3 nitrogen and oxygen atoms in total. The average molecular weight is 252 g/mol. The normalized spacial score (nSPS) is 11.9. The van der Waals surface area contributed by atoms with Gasteiger partial charge in [0.1, 0.15) is 6.61 Å². The van der Waals surface area contributed by atoms with Crippen LogP contribution in [0.15, 0.2) is 34.3 Å². The third-order valence-corrected chi connectivity index (χ3v) is 3.07. The van der Waals surface area contributed by atoms with Crippen molar-refractivity contribution in [2.24, 2.45) is 10.9 Å². The number of nitrogens with two attached hydrogens (primary N) is 1. The Bertz CT molecular complexity index is 360. The van der Waals surface area contributed by atoms with E-state index in [4.69, 9.17) is 10.6 Å². The molecule has 0 spiro atoms. The summed E-state index contributed by atoms with van der Waals surface area (Å²) in [6.45, 7) is 7.25. The number of oxime groups is 1. The summed E-state index contributed by atoms with van der Waals surface area (Å²) in [6.07, 6.45) is 0. The molecule has 0 aliphatic carbocycles. The van der Waals surface area contributed by atoms with Crippen LogP contribution in [0.3, 0.4) is 0 Å². The van der Waals surface area contributed by atoms with Gasteiger partial charge in [-0.25, -0.2) is 0 Å². The Morgan fingerprint density at radius 2 is 2.00 bits per heavy atom. The Morgan fingerprint density at radius 1 is 1.35 bits per heavy atom. The van der Waals surface area contributed by atoms with Gasteiger partial charge in [-0.2, -0.15) is 0 Å². The molecule has 1 aromatic carbocycles. The SMILES string of the molecule is C/C(=N/OCCN)c1ccc(SC(C)C)cc1. The van der Waals surface area contributed by atoms with Crippen molar-refractivity contribution in [2.45, 2.75) is 30.9 Å². The minimum absolute atomic E-state index is 0.457. The molecule has 0 aromatic heterocycles. The number of nitrogens with zero attached hydrogens (tertiary/aromatic N) is 1. The Labute approximate surface area is 107 Å². The molecular formula is C13H20N2OS. The molecule has 0 radical (unpaired) electrons. The summed E-state index contributed by atoms with van der Waals surface area (Å²) in [6, 6.07) is 8.36. The van der Waals surface area contributed by atoms with Gasteiger partial charge in [-0.15, -0.1) is 11.8 Å². The lowest BCUT2D eigenvalue weighted by atomic mass is 10.1. The molecule has 17 heavy (non-hydrogen) atoms. The van der Waals surface area contributed by atoms with Crippen LogP contribution in [0.25, 0.3) is 0 Å². The van der Waals surface area contributed by atoms with Crippen LogP contribution in [0.5, 0.6) is 0 Å². The topological polar surface area (TPSA) is 47.6 Å². The predicted molar refractivity (Wildman–Crippen MR) is 74.7 cm³/mol. The maximum atomic E-state index is 5.32. The molecule has 0 heterocycles. The van der Waals surface area contributed by atoms with Crippen LogP contribution in [0.1, 0.15) is 26.3 Å². The fourth-order valence-corrected chi connectivity index (χ4v) is 2.13. The van der Waals surface area contributed by atoms with Gasteiger partial charge in [0.05, 0.1) is 5.71 Å². The molecule has 0 atom stereocenters. The van der Waals surface area contributed by atoms with E-state index < -0.39 is 0 Å². The first-order chi connectivity index (χ1) is 8.13. The lowest BCUT2D eigenvalue weighted by Gasteiger charge is -2.06. The van der Waals surface area contributed by atoms with Gasteiger partial charge >= 0.3 is 0 Å². The number of hydrogen-bond donors (Lipinski definition) is 1. The van der Waals surface area contributed by atoms with Crippen LogP contribution in [0.4, 0.5) is 0 Å². The monoisotopic (exact) mass is 252 g/mol. The first kappa shape index (κ1) is 14.1. The van der Waals surface area contributed by atoms with Crippen molar-refractivity contribution in [3.63, 3.8) is 0 Å². The summed E-state index contributed by atoms with van der Waals surface area (Å²) in [5.41, 5.74) is 7.28. The van der Waals surface area contributed by atoms with Crippen LogP contribution in [-0.4, -0.2) is 24.1 Å². The van der Waals surface area contributed by atoms with Crippen molar-refractivity contribution >= 4 is 17.5 Å². The highest BCUT2D eigenvalue weighted by Crippen LogP contribution is 2.22. The standard InChI is InChI=1S/C13H20N2OS/c1-10(2)17-13-6-4-12(5-7-13)11(3)15-16-9-8-14/h4-7,10H,8-9,14H2,1-3H3/b15-11-. The Kier molecular flexibility index (Phi) is 6.08. The third kappa shape index (κ3) is 5.24. The van der Waals surface area contributed by atoms with E-state index in [1.54, 1.807) is 0 Å². The zero-order valence-corrected chi connectivity index (χ0v) is 11.5. The lowest BCUT2D eigenvalue weighted by molar-refractivity contribution is 0.152. The van der Waals surface area contributed by atoms with E-state index in [0.717, 1.165) is 11.3 Å². The van der Waals surface area contributed by atoms with E-state index in [9.17, 15) is 0 Å². The van der Waals surface area contributed by atoms with Gasteiger partial charge in [-0.05, 0) is 24.6 Å². The largest absolute Gasteiger partial charge is 0.394 e. The van der Waals surface area contributed by atoms with E-state index in [-0.39, 0.29) is 0 Å². The van der Waals surface area contributed by atoms with Crippen molar-refractivity contribution in [2.75, 3.05) is 13.2 Å². The van der Waals surface area contributed by atoms with Gasteiger partial charge in [-0.3, -0.25) is 0 Å². The first-order valence-corrected chi connectivity index (χ1v) is 6.65. The van der Waals surface area contributed by atoms with Crippen molar-refractivity contribution < 1.29 is 4.84 Å². The summed E-state index contributed by atoms with van der Waals surface area (Å²) < 4.78 is 0. The number of benzene rings is 1. The van der Waals surface area contributed by atoms with Gasteiger partial charge < -0.3 is 10.6 Å². The van der Waals surface area contributed by atoms with Crippen LogP contribution in [0, 0.1) is 0 Å². The maximum Gasteiger partial charge on any atom is 0.129 e. The zero-order chi connectivity index (χ0) is 12.7. The number of rotatable bonds is 6. The smallest absolute Gasteiger partial charge is 0.129 e. The minimum Gasteiger partial charge on any atom is -0.394 e. The second-order valence-corrected chi connectivity index (χ2v) is 5.64. The van der Waals surface area contributed by atoms with Crippen molar-refractivity contribution in [1.82, 2.24) is 0 Å². The van der Waals surface area contributed by atoms with Crippen molar-refractivity contribution in [3.8, 4) is 0 Å². The van der Waals surface area contributed by atoms with E-state index in [1.165, 1.54) is 4.90 Å². The summed E-state index contributed by atoms with van der Waals surface area (Å²) in [5.74, 6) is 0. The molecule has 0 bridgehead atoms. The summed E-state index contributed by atoms with van der Waals surface area (Å²) in [7, 11) is 0. The second kappa shape index (κ2) is 7.35. The molecule has 0 aliphatic heterocycles. The van der Waals surface area contributed by atoms with Crippen LogP contribution < -0.4 is 5.73 Å². The maximum absolute atomic E-state index is 5.32. The highest BCUT2D eigenvalue weighted by Gasteiger charge is 2.01. The van der Waals surface area contributed by atoms with Gasteiger partial charge in [-0.1, -0.05) is 31.1 Å².